The zero-order valence-corrected chi connectivity index (χ0v) is 13.8. The van der Waals surface area contributed by atoms with Crippen molar-refractivity contribution in [2.45, 2.75) is 59.4 Å². The van der Waals surface area contributed by atoms with Crippen LogP contribution in [0.1, 0.15) is 53.4 Å². The number of amides is 1. The van der Waals surface area contributed by atoms with Gasteiger partial charge in [0.15, 0.2) is 0 Å². The molecule has 3 nitrogen and oxygen atoms in total. The predicted molar refractivity (Wildman–Crippen MR) is 83.6 cm³/mol. The van der Waals surface area contributed by atoms with E-state index >= 15 is 0 Å². The average molecular weight is 280 g/mol. The summed E-state index contributed by atoms with van der Waals surface area (Å²) in [5, 5.41) is 0. The van der Waals surface area contributed by atoms with Crippen molar-refractivity contribution >= 4 is 5.91 Å². The number of piperidine rings is 2. The molecule has 2 aliphatic heterocycles. The SMILES string of the molecule is CC(C)CC(=O)N1CCC(N2CC(C)CC(C)C2)CC1. The van der Waals surface area contributed by atoms with Crippen LogP contribution in [0.5, 0.6) is 0 Å². The quantitative estimate of drug-likeness (QED) is 0.793. The van der Waals surface area contributed by atoms with E-state index < -0.39 is 0 Å². The lowest BCUT2D eigenvalue weighted by Crippen LogP contribution is -2.50. The molecule has 0 radical (unpaired) electrons. The molecule has 1 amide bonds. The lowest BCUT2D eigenvalue weighted by Gasteiger charge is -2.43. The van der Waals surface area contributed by atoms with E-state index in [0.717, 1.165) is 24.9 Å². The lowest BCUT2D eigenvalue weighted by molar-refractivity contribution is -0.133. The Labute approximate surface area is 124 Å². The first-order valence-electron chi connectivity index (χ1n) is 8.47. The van der Waals surface area contributed by atoms with Gasteiger partial charge in [0.05, 0.1) is 0 Å². The van der Waals surface area contributed by atoms with Crippen LogP contribution in [0, 0.1) is 17.8 Å². The van der Waals surface area contributed by atoms with Crippen molar-refractivity contribution in [3.8, 4) is 0 Å². The van der Waals surface area contributed by atoms with Gasteiger partial charge in [0, 0.05) is 38.6 Å². The Morgan fingerprint density at radius 2 is 1.65 bits per heavy atom. The second kappa shape index (κ2) is 6.93. The minimum Gasteiger partial charge on any atom is -0.343 e. The highest BCUT2D eigenvalue weighted by molar-refractivity contribution is 5.76. The zero-order chi connectivity index (χ0) is 14.7. The van der Waals surface area contributed by atoms with E-state index in [1.807, 2.05) is 0 Å². The molecular formula is C17H32N2O. The molecule has 0 aromatic carbocycles. The summed E-state index contributed by atoms with van der Waals surface area (Å²) in [6.07, 6.45) is 4.43. The molecule has 2 atom stereocenters. The number of nitrogens with zero attached hydrogens (tertiary/aromatic N) is 2. The fourth-order valence-electron chi connectivity index (χ4n) is 3.97. The number of likely N-dealkylation sites (tertiary alicyclic amines) is 2. The van der Waals surface area contributed by atoms with E-state index in [0.29, 0.717) is 24.3 Å². The maximum Gasteiger partial charge on any atom is 0.222 e. The van der Waals surface area contributed by atoms with Crippen molar-refractivity contribution in [1.82, 2.24) is 9.80 Å². The van der Waals surface area contributed by atoms with Gasteiger partial charge in [-0.25, -0.2) is 0 Å². The highest BCUT2D eigenvalue weighted by Crippen LogP contribution is 2.26. The molecule has 0 bridgehead atoms. The Morgan fingerprint density at radius 3 is 2.15 bits per heavy atom. The minimum atomic E-state index is 0.360. The normalized spacial score (nSPS) is 29.9. The third-order valence-corrected chi connectivity index (χ3v) is 4.81. The van der Waals surface area contributed by atoms with Gasteiger partial charge in [-0.3, -0.25) is 9.69 Å². The number of carbonyl (C=O) groups excluding carboxylic acids is 1. The first kappa shape index (κ1) is 15.8. The molecule has 3 heteroatoms. The Morgan fingerprint density at radius 1 is 1.10 bits per heavy atom. The summed E-state index contributed by atoms with van der Waals surface area (Å²) in [6.45, 7) is 13.5. The maximum absolute atomic E-state index is 12.1. The van der Waals surface area contributed by atoms with Gasteiger partial charge < -0.3 is 4.90 Å². The molecule has 0 aromatic rings. The third kappa shape index (κ3) is 4.21. The van der Waals surface area contributed by atoms with Crippen molar-refractivity contribution < 1.29 is 4.79 Å². The molecule has 2 rings (SSSR count). The molecule has 2 saturated heterocycles. The molecule has 2 aliphatic rings. The molecule has 116 valence electrons. The molecule has 2 fully saturated rings. The van der Waals surface area contributed by atoms with Crippen LogP contribution in [0.15, 0.2) is 0 Å². The fraction of sp³-hybridized carbons (Fsp3) is 0.941. The lowest BCUT2D eigenvalue weighted by atomic mass is 9.89. The topological polar surface area (TPSA) is 23.6 Å². The number of rotatable bonds is 3. The first-order chi connectivity index (χ1) is 9.45. The molecule has 2 heterocycles. The van der Waals surface area contributed by atoms with Crippen LogP contribution in [0.3, 0.4) is 0 Å². The van der Waals surface area contributed by atoms with E-state index in [4.69, 9.17) is 0 Å². The Balaban J connectivity index is 1.80. The monoisotopic (exact) mass is 280 g/mol. The maximum atomic E-state index is 12.1. The molecule has 0 aliphatic carbocycles. The number of carbonyl (C=O) groups is 1. The largest absolute Gasteiger partial charge is 0.343 e. The molecule has 2 unspecified atom stereocenters. The van der Waals surface area contributed by atoms with Crippen LogP contribution in [0.25, 0.3) is 0 Å². The molecule has 0 saturated carbocycles. The van der Waals surface area contributed by atoms with E-state index in [2.05, 4.69) is 37.5 Å². The van der Waals surface area contributed by atoms with Crippen molar-refractivity contribution in [1.29, 1.82) is 0 Å². The summed E-state index contributed by atoms with van der Waals surface area (Å²) in [7, 11) is 0. The van der Waals surface area contributed by atoms with Gasteiger partial charge in [0.1, 0.15) is 0 Å². The highest BCUT2D eigenvalue weighted by atomic mass is 16.2. The Bertz CT molecular complexity index is 311. The predicted octanol–water partition coefficient (Wildman–Crippen LogP) is 3.00. The second-order valence-electron chi connectivity index (χ2n) is 7.61. The summed E-state index contributed by atoms with van der Waals surface area (Å²) < 4.78 is 0. The van der Waals surface area contributed by atoms with Gasteiger partial charge in [0.2, 0.25) is 5.91 Å². The van der Waals surface area contributed by atoms with Gasteiger partial charge in [-0.05, 0) is 37.0 Å². The van der Waals surface area contributed by atoms with Gasteiger partial charge in [-0.1, -0.05) is 27.7 Å². The second-order valence-corrected chi connectivity index (χ2v) is 7.61. The number of hydrogen-bond acceptors (Lipinski definition) is 2. The van der Waals surface area contributed by atoms with Crippen molar-refractivity contribution in [2.75, 3.05) is 26.2 Å². The zero-order valence-electron chi connectivity index (χ0n) is 13.8. The van der Waals surface area contributed by atoms with Crippen LogP contribution < -0.4 is 0 Å². The van der Waals surface area contributed by atoms with Crippen molar-refractivity contribution in [2.24, 2.45) is 17.8 Å². The molecule has 0 spiro atoms. The van der Waals surface area contributed by atoms with Crippen LogP contribution >= 0.6 is 0 Å². The molecular weight excluding hydrogens is 248 g/mol. The summed E-state index contributed by atoms with van der Waals surface area (Å²) >= 11 is 0. The van der Waals surface area contributed by atoms with Gasteiger partial charge in [-0.15, -0.1) is 0 Å². The van der Waals surface area contributed by atoms with Crippen LogP contribution in [-0.2, 0) is 4.79 Å². The van der Waals surface area contributed by atoms with E-state index in [9.17, 15) is 4.79 Å². The average Bonchev–Trinajstić information content (AvgIpc) is 2.37. The summed E-state index contributed by atoms with van der Waals surface area (Å²) in [5.41, 5.74) is 0. The molecule has 20 heavy (non-hydrogen) atoms. The number of hydrogen-bond donors (Lipinski definition) is 0. The van der Waals surface area contributed by atoms with Gasteiger partial charge in [-0.2, -0.15) is 0 Å². The Kier molecular flexibility index (Phi) is 5.48. The Hall–Kier alpha value is -0.570. The van der Waals surface area contributed by atoms with E-state index in [1.54, 1.807) is 0 Å². The van der Waals surface area contributed by atoms with Crippen LogP contribution in [0.2, 0.25) is 0 Å². The van der Waals surface area contributed by atoms with Crippen molar-refractivity contribution in [3.05, 3.63) is 0 Å². The van der Waals surface area contributed by atoms with E-state index in [1.165, 1.54) is 32.4 Å². The van der Waals surface area contributed by atoms with Crippen LogP contribution in [-0.4, -0.2) is 47.9 Å². The highest BCUT2D eigenvalue weighted by Gasteiger charge is 2.31. The first-order valence-corrected chi connectivity index (χ1v) is 8.47. The summed E-state index contributed by atoms with van der Waals surface area (Å²) in [5.74, 6) is 2.50. The van der Waals surface area contributed by atoms with Gasteiger partial charge >= 0.3 is 0 Å². The summed E-state index contributed by atoms with van der Waals surface area (Å²) in [4.78, 5) is 16.9. The van der Waals surface area contributed by atoms with Crippen molar-refractivity contribution in [3.63, 3.8) is 0 Å². The third-order valence-electron chi connectivity index (χ3n) is 4.81. The minimum absolute atomic E-state index is 0.360. The smallest absolute Gasteiger partial charge is 0.222 e. The van der Waals surface area contributed by atoms with Crippen LogP contribution in [0.4, 0.5) is 0 Å². The standard InChI is InChI=1S/C17H32N2O/c1-13(2)9-17(20)18-7-5-16(6-8-18)19-11-14(3)10-15(4)12-19/h13-16H,5-12H2,1-4H3. The van der Waals surface area contributed by atoms with Gasteiger partial charge in [0.25, 0.3) is 0 Å². The fourth-order valence-corrected chi connectivity index (χ4v) is 3.97. The molecule has 0 aromatic heterocycles. The summed E-state index contributed by atoms with van der Waals surface area (Å²) in [6, 6.07) is 0.711. The molecule has 0 N–H and O–H groups in total. The van der Waals surface area contributed by atoms with E-state index in [-0.39, 0.29) is 0 Å².